The summed E-state index contributed by atoms with van der Waals surface area (Å²) >= 11 is 0. The number of carbonyl (C=O) groups is 1. The van der Waals surface area contributed by atoms with Crippen molar-refractivity contribution in [2.45, 2.75) is 50.5 Å². The van der Waals surface area contributed by atoms with Gasteiger partial charge in [0.1, 0.15) is 6.42 Å². The van der Waals surface area contributed by atoms with Crippen molar-refractivity contribution in [3.8, 4) is 0 Å². The second-order valence-corrected chi connectivity index (χ2v) is 6.72. The molecule has 102 valence electrons. The Morgan fingerprint density at radius 1 is 1.21 bits per heavy atom. The third-order valence-corrected chi connectivity index (χ3v) is 5.30. The summed E-state index contributed by atoms with van der Waals surface area (Å²) in [5, 5.41) is 20.8. The van der Waals surface area contributed by atoms with E-state index < -0.39 is 5.97 Å². The van der Waals surface area contributed by atoms with Crippen molar-refractivity contribution in [2.75, 3.05) is 0 Å². The normalized spacial score (nSPS) is 39.7. The van der Waals surface area contributed by atoms with Crippen molar-refractivity contribution >= 4 is 5.97 Å². The molecule has 5 rings (SSSR count). The van der Waals surface area contributed by atoms with Crippen LogP contribution in [-0.2, 0) is 16.8 Å². The number of rotatable bonds is 3. The Morgan fingerprint density at radius 2 is 1.79 bits per heavy atom. The van der Waals surface area contributed by atoms with Gasteiger partial charge >= 0.3 is 5.97 Å². The van der Waals surface area contributed by atoms with Gasteiger partial charge in [0.15, 0.2) is 5.82 Å². The molecule has 1 aromatic rings. The van der Waals surface area contributed by atoms with Gasteiger partial charge in [0, 0.05) is 0 Å². The monoisotopic (exact) mass is 262 g/mol. The van der Waals surface area contributed by atoms with Crippen LogP contribution >= 0.6 is 0 Å². The lowest BCUT2D eigenvalue weighted by atomic mass is 9.53. The lowest BCUT2D eigenvalue weighted by Crippen LogP contribution is -2.52. The fourth-order valence-corrected chi connectivity index (χ4v) is 5.14. The average molecular weight is 262 g/mol. The van der Waals surface area contributed by atoms with E-state index in [0.717, 1.165) is 37.0 Å². The fourth-order valence-electron chi connectivity index (χ4n) is 5.14. The van der Waals surface area contributed by atoms with Gasteiger partial charge < -0.3 is 5.11 Å². The molecule has 6 nitrogen and oxygen atoms in total. The van der Waals surface area contributed by atoms with Crippen LogP contribution in [0.1, 0.15) is 44.3 Å². The molecule has 1 heterocycles. The van der Waals surface area contributed by atoms with Gasteiger partial charge in [-0.1, -0.05) is 0 Å². The van der Waals surface area contributed by atoms with Crippen LogP contribution in [0.2, 0.25) is 0 Å². The molecule has 19 heavy (non-hydrogen) atoms. The van der Waals surface area contributed by atoms with Crippen LogP contribution in [0, 0.1) is 17.8 Å². The molecule has 0 spiro atoms. The summed E-state index contributed by atoms with van der Waals surface area (Å²) in [6.45, 7) is 0. The molecular weight excluding hydrogens is 244 g/mol. The van der Waals surface area contributed by atoms with E-state index in [2.05, 4.69) is 15.5 Å². The summed E-state index contributed by atoms with van der Waals surface area (Å²) in [5.74, 6) is 2.06. The molecule has 6 heteroatoms. The Hall–Kier alpha value is -1.46. The maximum atomic E-state index is 10.9. The van der Waals surface area contributed by atoms with Crippen molar-refractivity contribution in [1.82, 2.24) is 20.2 Å². The highest BCUT2D eigenvalue weighted by molar-refractivity contribution is 5.68. The predicted molar refractivity (Wildman–Crippen MR) is 65.3 cm³/mol. The molecule has 1 aromatic heterocycles. The first-order chi connectivity index (χ1) is 9.14. The summed E-state index contributed by atoms with van der Waals surface area (Å²) in [6, 6.07) is 0. The van der Waals surface area contributed by atoms with E-state index in [4.69, 9.17) is 5.11 Å². The molecule has 0 aliphatic heterocycles. The van der Waals surface area contributed by atoms with E-state index in [9.17, 15) is 4.79 Å². The van der Waals surface area contributed by atoms with Crippen LogP contribution in [0.3, 0.4) is 0 Å². The van der Waals surface area contributed by atoms with Crippen LogP contribution in [0.4, 0.5) is 0 Å². The third-order valence-electron chi connectivity index (χ3n) is 5.30. The smallest absolute Gasteiger partial charge is 0.311 e. The standard InChI is InChI=1S/C13H18N4O2/c18-12(19)4-11-14-15-16-17(11)13-5-8-1-9(6-13)3-10(2-8)7-13/h8-10H,1-7H2,(H,18,19). The zero-order valence-corrected chi connectivity index (χ0v) is 10.8. The molecule has 0 aromatic carbocycles. The first kappa shape index (κ1) is 11.4. The molecular formula is C13H18N4O2. The number of hydrogen-bond donors (Lipinski definition) is 1. The summed E-state index contributed by atoms with van der Waals surface area (Å²) in [5.41, 5.74) is 0.0169. The molecule has 4 saturated carbocycles. The SMILES string of the molecule is O=C(O)Cc1nnnn1C12CC3CC(CC(C3)C1)C2. The highest BCUT2D eigenvalue weighted by Gasteiger charge is 2.53. The van der Waals surface area contributed by atoms with Crippen molar-refractivity contribution in [1.29, 1.82) is 0 Å². The van der Waals surface area contributed by atoms with Gasteiger partial charge in [0.25, 0.3) is 0 Å². The minimum atomic E-state index is -0.860. The van der Waals surface area contributed by atoms with Gasteiger partial charge in [-0.3, -0.25) is 4.79 Å². The second-order valence-electron chi connectivity index (χ2n) is 6.72. The lowest BCUT2D eigenvalue weighted by Gasteiger charge is -2.56. The zero-order chi connectivity index (χ0) is 13.0. The molecule has 4 bridgehead atoms. The Kier molecular flexibility index (Phi) is 2.26. The number of aromatic nitrogens is 4. The Bertz CT molecular complexity index is 489. The van der Waals surface area contributed by atoms with E-state index in [1.807, 2.05) is 4.68 Å². The first-order valence-corrected chi connectivity index (χ1v) is 7.14. The van der Waals surface area contributed by atoms with E-state index in [-0.39, 0.29) is 12.0 Å². The average Bonchev–Trinajstić information content (AvgIpc) is 2.74. The van der Waals surface area contributed by atoms with Gasteiger partial charge in [-0.15, -0.1) is 5.10 Å². The van der Waals surface area contributed by atoms with Gasteiger partial charge in [-0.25, -0.2) is 4.68 Å². The molecule has 1 N–H and O–H groups in total. The highest BCUT2D eigenvalue weighted by atomic mass is 16.4. The quantitative estimate of drug-likeness (QED) is 0.886. The minimum absolute atomic E-state index is 0.0169. The number of carboxylic acids is 1. The lowest BCUT2D eigenvalue weighted by molar-refractivity contribution is -0.136. The summed E-state index contributed by atoms with van der Waals surface area (Å²) < 4.78 is 1.87. The molecule has 4 aliphatic rings. The van der Waals surface area contributed by atoms with E-state index in [0.29, 0.717) is 5.82 Å². The van der Waals surface area contributed by atoms with Gasteiger partial charge in [-0.05, 0) is 66.7 Å². The van der Waals surface area contributed by atoms with Crippen LogP contribution in [-0.4, -0.2) is 31.3 Å². The molecule has 4 fully saturated rings. The topological polar surface area (TPSA) is 80.9 Å². The third kappa shape index (κ3) is 1.69. The van der Waals surface area contributed by atoms with Crippen molar-refractivity contribution in [2.24, 2.45) is 17.8 Å². The van der Waals surface area contributed by atoms with Gasteiger partial charge in [-0.2, -0.15) is 0 Å². The van der Waals surface area contributed by atoms with E-state index in [1.54, 1.807) is 0 Å². The largest absolute Gasteiger partial charge is 0.481 e. The van der Waals surface area contributed by atoms with Crippen LogP contribution < -0.4 is 0 Å². The number of aliphatic carboxylic acids is 1. The number of tetrazole rings is 1. The predicted octanol–water partition coefficient (Wildman–Crippen LogP) is 1.23. The summed E-state index contributed by atoms with van der Waals surface area (Å²) in [6.07, 6.45) is 7.40. The molecule has 0 saturated heterocycles. The van der Waals surface area contributed by atoms with E-state index >= 15 is 0 Å². The Labute approximate surface area is 111 Å². The van der Waals surface area contributed by atoms with Gasteiger partial charge in [0.05, 0.1) is 5.54 Å². The zero-order valence-electron chi connectivity index (χ0n) is 10.8. The van der Waals surface area contributed by atoms with Crippen LogP contribution in [0.15, 0.2) is 0 Å². The molecule has 0 unspecified atom stereocenters. The second kappa shape index (κ2) is 3.77. The molecule has 0 atom stereocenters. The fraction of sp³-hybridized carbons (Fsp3) is 0.846. The number of hydrogen-bond acceptors (Lipinski definition) is 4. The maximum Gasteiger partial charge on any atom is 0.311 e. The highest BCUT2D eigenvalue weighted by Crippen LogP contribution is 2.58. The number of carboxylic acid groups (broad SMARTS) is 1. The number of nitrogens with zero attached hydrogens (tertiary/aromatic N) is 4. The Balaban J connectivity index is 1.72. The molecule has 4 aliphatic carbocycles. The summed E-state index contributed by atoms with van der Waals surface area (Å²) in [4.78, 5) is 10.9. The Morgan fingerprint density at radius 3 is 2.32 bits per heavy atom. The van der Waals surface area contributed by atoms with Crippen molar-refractivity contribution in [3.05, 3.63) is 5.82 Å². The minimum Gasteiger partial charge on any atom is -0.481 e. The van der Waals surface area contributed by atoms with Crippen LogP contribution in [0.5, 0.6) is 0 Å². The van der Waals surface area contributed by atoms with Crippen molar-refractivity contribution in [3.63, 3.8) is 0 Å². The summed E-state index contributed by atoms with van der Waals surface area (Å²) in [7, 11) is 0. The van der Waals surface area contributed by atoms with Crippen LogP contribution in [0.25, 0.3) is 0 Å². The molecule has 0 radical (unpaired) electrons. The first-order valence-electron chi connectivity index (χ1n) is 7.14. The van der Waals surface area contributed by atoms with Gasteiger partial charge in [0.2, 0.25) is 0 Å². The van der Waals surface area contributed by atoms with E-state index in [1.165, 1.54) is 19.3 Å². The molecule has 0 amide bonds. The maximum absolute atomic E-state index is 10.9. The van der Waals surface area contributed by atoms with Crippen molar-refractivity contribution < 1.29 is 9.90 Å².